The highest BCUT2D eigenvalue weighted by atomic mass is 32.2. The van der Waals surface area contributed by atoms with Crippen LogP contribution in [0.5, 0.6) is 0 Å². The van der Waals surface area contributed by atoms with Crippen molar-refractivity contribution in [3.05, 3.63) is 71.1 Å². The summed E-state index contributed by atoms with van der Waals surface area (Å²) in [4.78, 5) is 17.1. The number of thiazole rings is 1. The average molecular weight is 508 g/mol. The maximum absolute atomic E-state index is 14.4. The lowest BCUT2D eigenvalue weighted by atomic mass is 10.2. The van der Waals surface area contributed by atoms with Crippen LogP contribution in [-0.2, 0) is 21.3 Å². The third-order valence-corrected chi connectivity index (χ3v) is 8.20. The minimum atomic E-state index is -3.75. The molecule has 1 fully saturated rings. The molecule has 2 aromatic carbocycles. The largest absolute Gasteiger partial charge is 0.373 e. The van der Waals surface area contributed by atoms with E-state index in [1.54, 1.807) is 0 Å². The number of fused-ring (bicyclic) bond motifs is 1. The molecule has 4 rings (SSSR count). The predicted molar refractivity (Wildman–Crippen MR) is 125 cm³/mol. The molecular weight excluding hydrogens is 484 g/mol. The van der Waals surface area contributed by atoms with Gasteiger partial charge in [-0.05, 0) is 44.2 Å². The number of carbonyl (C=O) groups excluding carboxylic acids is 1. The Kier molecular flexibility index (Phi) is 6.81. The maximum Gasteiger partial charge on any atom is 0.279 e. The van der Waals surface area contributed by atoms with E-state index in [2.05, 4.69) is 11.6 Å². The minimum Gasteiger partial charge on any atom is -0.373 e. The molecule has 1 aliphatic rings. The number of hydrogen-bond acceptors (Lipinski definition) is 5. The summed E-state index contributed by atoms with van der Waals surface area (Å²) in [5.74, 6) is -2.12. The van der Waals surface area contributed by atoms with Crippen molar-refractivity contribution in [2.24, 2.45) is 4.99 Å². The standard InChI is InChI=1S/C23H23F2N3O4S2/c1-4-9-28-21-19(25)10-17(24)11-20(21)33-23(28)26-22(29)16-5-7-18(8-6-16)34(30,31)27-12-14(2)32-15(3)13-27/h4-8,10-11,14-15H,1,9,12-13H2,2-3H3. The van der Waals surface area contributed by atoms with Crippen molar-refractivity contribution in [1.82, 2.24) is 8.87 Å². The number of aromatic nitrogens is 1. The smallest absolute Gasteiger partial charge is 0.279 e. The molecule has 180 valence electrons. The first kappa shape index (κ1) is 24.4. The van der Waals surface area contributed by atoms with Crippen LogP contribution in [0.2, 0.25) is 0 Å². The van der Waals surface area contributed by atoms with Gasteiger partial charge in [0.15, 0.2) is 10.6 Å². The van der Waals surface area contributed by atoms with E-state index in [1.807, 2.05) is 13.8 Å². The lowest BCUT2D eigenvalue weighted by molar-refractivity contribution is -0.0440. The number of hydrogen-bond donors (Lipinski definition) is 0. The first-order chi connectivity index (χ1) is 16.1. The second-order valence-corrected chi connectivity index (χ2v) is 11.0. The molecule has 0 aliphatic carbocycles. The highest BCUT2D eigenvalue weighted by Gasteiger charge is 2.32. The molecule has 1 aliphatic heterocycles. The molecule has 0 bridgehead atoms. The molecule has 7 nitrogen and oxygen atoms in total. The van der Waals surface area contributed by atoms with Gasteiger partial charge >= 0.3 is 0 Å². The van der Waals surface area contributed by atoms with Gasteiger partial charge in [-0.2, -0.15) is 9.30 Å². The number of allylic oxidation sites excluding steroid dienone is 1. The van der Waals surface area contributed by atoms with Crippen molar-refractivity contribution in [3.8, 4) is 0 Å². The molecule has 0 N–H and O–H groups in total. The zero-order valence-corrected chi connectivity index (χ0v) is 20.2. The van der Waals surface area contributed by atoms with Gasteiger partial charge in [-0.15, -0.1) is 6.58 Å². The molecule has 0 spiro atoms. The van der Waals surface area contributed by atoms with Crippen LogP contribution in [0.15, 0.2) is 58.9 Å². The average Bonchev–Trinajstić information content (AvgIpc) is 3.10. The number of benzene rings is 2. The van der Waals surface area contributed by atoms with Gasteiger partial charge in [-0.25, -0.2) is 17.2 Å². The quantitative estimate of drug-likeness (QED) is 0.493. The Morgan fingerprint density at radius 1 is 1.21 bits per heavy atom. The molecule has 11 heteroatoms. The Hall–Kier alpha value is -2.73. The molecule has 2 heterocycles. The van der Waals surface area contributed by atoms with Gasteiger partial charge in [0, 0.05) is 31.3 Å². The minimum absolute atomic E-state index is 0.0616. The van der Waals surface area contributed by atoms with Crippen LogP contribution in [0.4, 0.5) is 8.78 Å². The molecule has 1 saturated heterocycles. The summed E-state index contributed by atoms with van der Waals surface area (Å²) in [7, 11) is -3.75. The monoisotopic (exact) mass is 507 g/mol. The predicted octanol–water partition coefficient (Wildman–Crippen LogP) is 3.71. The van der Waals surface area contributed by atoms with Gasteiger partial charge < -0.3 is 9.30 Å². The highest BCUT2D eigenvalue weighted by molar-refractivity contribution is 7.89. The lowest BCUT2D eigenvalue weighted by Crippen LogP contribution is -2.48. The topological polar surface area (TPSA) is 81.0 Å². The molecule has 1 aromatic heterocycles. The van der Waals surface area contributed by atoms with E-state index in [0.717, 1.165) is 17.4 Å². The summed E-state index contributed by atoms with van der Waals surface area (Å²) < 4.78 is 62.8. The SMILES string of the molecule is C=CCn1c(=NC(=O)c2ccc(S(=O)(=O)N3CC(C)OC(C)C3)cc2)sc2cc(F)cc(F)c21. The van der Waals surface area contributed by atoms with Crippen molar-refractivity contribution in [2.45, 2.75) is 37.5 Å². The van der Waals surface area contributed by atoms with E-state index in [-0.39, 0.29) is 52.6 Å². The Bertz CT molecular complexity index is 1420. The highest BCUT2D eigenvalue weighted by Crippen LogP contribution is 2.24. The maximum atomic E-state index is 14.4. The van der Waals surface area contributed by atoms with Crippen LogP contribution < -0.4 is 4.80 Å². The Morgan fingerprint density at radius 2 is 1.85 bits per heavy atom. The van der Waals surface area contributed by atoms with Crippen LogP contribution >= 0.6 is 11.3 Å². The van der Waals surface area contributed by atoms with Crippen molar-refractivity contribution in [1.29, 1.82) is 0 Å². The molecule has 34 heavy (non-hydrogen) atoms. The van der Waals surface area contributed by atoms with E-state index in [4.69, 9.17) is 4.74 Å². The van der Waals surface area contributed by atoms with Crippen LogP contribution in [0.1, 0.15) is 24.2 Å². The van der Waals surface area contributed by atoms with Crippen LogP contribution in [-0.4, -0.2) is 48.5 Å². The third kappa shape index (κ3) is 4.74. The first-order valence-corrected chi connectivity index (χ1v) is 12.8. The normalized spacial score (nSPS) is 20.1. The second kappa shape index (κ2) is 9.49. The van der Waals surface area contributed by atoms with Gasteiger partial charge in [0.1, 0.15) is 5.82 Å². The van der Waals surface area contributed by atoms with Gasteiger partial charge in [-0.1, -0.05) is 17.4 Å². The molecule has 3 aromatic rings. The first-order valence-electron chi connectivity index (χ1n) is 10.5. The molecule has 1 amide bonds. The summed E-state index contributed by atoms with van der Waals surface area (Å²) in [5.41, 5.74) is 0.296. The summed E-state index contributed by atoms with van der Waals surface area (Å²) in [6.45, 7) is 7.93. The second-order valence-electron chi connectivity index (χ2n) is 8.04. The van der Waals surface area contributed by atoms with Gasteiger partial charge in [0.25, 0.3) is 5.91 Å². The Labute approximate surface area is 199 Å². The fourth-order valence-electron chi connectivity index (χ4n) is 3.91. The molecular formula is C23H23F2N3O4S2. The number of ether oxygens (including phenoxy) is 1. The molecule has 0 saturated carbocycles. The third-order valence-electron chi connectivity index (χ3n) is 5.33. The summed E-state index contributed by atoms with van der Waals surface area (Å²) in [5, 5.41) is 0. The van der Waals surface area contributed by atoms with Gasteiger partial charge in [-0.3, -0.25) is 4.79 Å². The van der Waals surface area contributed by atoms with Crippen molar-refractivity contribution in [3.63, 3.8) is 0 Å². The fourth-order valence-corrected chi connectivity index (χ4v) is 6.58. The number of amides is 1. The summed E-state index contributed by atoms with van der Waals surface area (Å²) in [6, 6.07) is 7.45. The zero-order valence-electron chi connectivity index (χ0n) is 18.6. The Balaban J connectivity index is 1.66. The van der Waals surface area contributed by atoms with E-state index in [9.17, 15) is 22.0 Å². The number of rotatable bonds is 5. The molecule has 2 unspecified atom stereocenters. The molecule has 0 radical (unpaired) electrons. The van der Waals surface area contributed by atoms with Crippen LogP contribution in [0.3, 0.4) is 0 Å². The molecule has 2 atom stereocenters. The van der Waals surface area contributed by atoms with E-state index in [0.29, 0.717) is 4.70 Å². The summed E-state index contributed by atoms with van der Waals surface area (Å²) >= 11 is 0.975. The van der Waals surface area contributed by atoms with Crippen LogP contribution in [0.25, 0.3) is 10.2 Å². The van der Waals surface area contributed by atoms with Crippen LogP contribution in [0, 0.1) is 11.6 Å². The van der Waals surface area contributed by atoms with Gasteiger partial charge in [0.2, 0.25) is 10.0 Å². The van der Waals surface area contributed by atoms with E-state index >= 15 is 0 Å². The number of carbonyl (C=O) groups is 1. The number of nitrogens with zero attached hydrogens (tertiary/aromatic N) is 3. The van der Waals surface area contributed by atoms with Gasteiger partial charge in [0.05, 0.1) is 27.3 Å². The fraction of sp³-hybridized carbons (Fsp3) is 0.304. The number of sulfonamides is 1. The van der Waals surface area contributed by atoms with Crippen molar-refractivity contribution < 1.29 is 26.7 Å². The zero-order chi connectivity index (χ0) is 24.6. The van der Waals surface area contributed by atoms with E-state index in [1.165, 1.54) is 45.3 Å². The van der Waals surface area contributed by atoms with Crippen molar-refractivity contribution in [2.75, 3.05) is 13.1 Å². The number of halogens is 2. The number of morpholine rings is 1. The van der Waals surface area contributed by atoms with E-state index < -0.39 is 27.6 Å². The lowest BCUT2D eigenvalue weighted by Gasteiger charge is -2.34. The Morgan fingerprint density at radius 3 is 2.47 bits per heavy atom. The van der Waals surface area contributed by atoms with Crippen molar-refractivity contribution >= 4 is 37.5 Å². The summed E-state index contributed by atoms with van der Waals surface area (Å²) in [6.07, 6.45) is 1.07.